The van der Waals surface area contributed by atoms with E-state index in [4.69, 9.17) is 9.84 Å². The van der Waals surface area contributed by atoms with Crippen molar-refractivity contribution in [3.8, 4) is 0 Å². The maximum Gasteiger partial charge on any atom is 0.139 e. The van der Waals surface area contributed by atoms with Crippen LogP contribution in [0.15, 0.2) is 4.47 Å². The summed E-state index contributed by atoms with van der Waals surface area (Å²) in [6.07, 6.45) is 3.34. The summed E-state index contributed by atoms with van der Waals surface area (Å²) in [4.78, 5) is 0. The summed E-state index contributed by atoms with van der Waals surface area (Å²) >= 11 is 3.72. The number of hydrogen-bond acceptors (Lipinski definition) is 3. The number of nitrogens with one attached hydrogen (secondary N) is 1. The van der Waals surface area contributed by atoms with Crippen molar-refractivity contribution in [2.45, 2.75) is 39.2 Å². The quantitative estimate of drug-likeness (QED) is 0.926. The lowest BCUT2D eigenvalue weighted by molar-refractivity contribution is 0.167. The highest BCUT2D eigenvalue weighted by Crippen LogP contribution is 2.38. The number of rotatable bonds is 3. The van der Waals surface area contributed by atoms with E-state index in [1.54, 1.807) is 0 Å². The standard InChI is InChI=1S/C14H22BrN3O/c1-9(2)7-11-13(15)14-16-5-3-12(18(14)17-11)10-4-6-19-8-10/h9-10,12,16H,3-8H2,1-2H3. The van der Waals surface area contributed by atoms with Gasteiger partial charge in [-0.05, 0) is 41.1 Å². The van der Waals surface area contributed by atoms with Crippen LogP contribution >= 0.6 is 15.9 Å². The highest BCUT2D eigenvalue weighted by Gasteiger charge is 2.33. The van der Waals surface area contributed by atoms with Crippen molar-refractivity contribution in [3.63, 3.8) is 0 Å². The Morgan fingerprint density at radius 1 is 1.47 bits per heavy atom. The van der Waals surface area contributed by atoms with Gasteiger partial charge in [-0.2, -0.15) is 5.10 Å². The molecule has 0 radical (unpaired) electrons. The molecular weight excluding hydrogens is 306 g/mol. The van der Waals surface area contributed by atoms with Gasteiger partial charge in [0.1, 0.15) is 5.82 Å². The molecule has 106 valence electrons. The third kappa shape index (κ3) is 2.55. The summed E-state index contributed by atoms with van der Waals surface area (Å²) in [7, 11) is 0. The molecule has 0 spiro atoms. The lowest BCUT2D eigenvalue weighted by atomic mass is 9.95. The van der Waals surface area contributed by atoms with Crippen molar-refractivity contribution >= 4 is 21.7 Å². The van der Waals surface area contributed by atoms with E-state index >= 15 is 0 Å². The minimum atomic E-state index is 0.496. The molecule has 2 atom stereocenters. The monoisotopic (exact) mass is 327 g/mol. The van der Waals surface area contributed by atoms with Gasteiger partial charge in [0.2, 0.25) is 0 Å². The van der Waals surface area contributed by atoms with Crippen LogP contribution < -0.4 is 5.32 Å². The van der Waals surface area contributed by atoms with Crippen molar-refractivity contribution in [1.82, 2.24) is 9.78 Å². The molecule has 1 saturated heterocycles. The average Bonchev–Trinajstić information content (AvgIpc) is 2.99. The van der Waals surface area contributed by atoms with Gasteiger partial charge in [-0.1, -0.05) is 13.8 Å². The molecule has 0 aliphatic carbocycles. The van der Waals surface area contributed by atoms with Crippen molar-refractivity contribution in [2.24, 2.45) is 11.8 Å². The molecule has 2 aliphatic rings. The van der Waals surface area contributed by atoms with Gasteiger partial charge in [-0.15, -0.1) is 0 Å². The summed E-state index contributed by atoms with van der Waals surface area (Å²) in [5.41, 5.74) is 1.18. The van der Waals surface area contributed by atoms with E-state index in [1.165, 1.54) is 17.9 Å². The smallest absolute Gasteiger partial charge is 0.139 e. The molecule has 2 aliphatic heterocycles. The number of aromatic nitrogens is 2. The Hall–Kier alpha value is -0.550. The fourth-order valence-electron chi connectivity index (χ4n) is 3.13. The molecule has 1 aromatic rings. The van der Waals surface area contributed by atoms with E-state index in [0.29, 0.717) is 17.9 Å². The van der Waals surface area contributed by atoms with Crippen molar-refractivity contribution < 1.29 is 4.74 Å². The molecule has 3 heterocycles. The highest BCUT2D eigenvalue weighted by molar-refractivity contribution is 9.10. The summed E-state index contributed by atoms with van der Waals surface area (Å²) in [5.74, 6) is 2.42. The fraction of sp³-hybridized carbons (Fsp3) is 0.786. The molecule has 1 fully saturated rings. The number of nitrogens with zero attached hydrogens (tertiary/aromatic N) is 2. The molecule has 0 bridgehead atoms. The normalized spacial score (nSPS) is 26.5. The molecule has 0 saturated carbocycles. The molecule has 19 heavy (non-hydrogen) atoms. The molecule has 0 amide bonds. The SMILES string of the molecule is CC(C)Cc1nn2c(c1Br)NCCC2C1CCOC1. The van der Waals surface area contributed by atoms with Gasteiger partial charge in [0.25, 0.3) is 0 Å². The summed E-state index contributed by atoms with van der Waals surface area (Å²) in [6.45, 7) is 7.31. The fourth-order valence-corrected chi connectivity index (χ4v) is 3.69. The lowest BCUT2D eigenvalue weighted by Crippen LogP contribution is -2.29. The molecule has 0 aromatic carbocycles. The number of hydrogen-bond donors (Lipinski definition) is 1. The topological polar surface area (TPSA) is 39.1 Å². The second-order valence-corrected chi connectivity index (χ2v) is 6.85. The first-order chi connectivity index (χ1) is 9.16. The Labute approximate surface area is 123 Å². The predicted molar refractivity (Wildman–Crippen MR) is 79.5 cm³/mol. The number of fused-ring (bicyclic) bond motifs is 1. The van der Waals surface area contributed by atoms with Crippen molar-refractivity contribution in [2.75, 3.05) is 25.1 Å². The third-order valence-corrected chi connectivity index (χ3v) is 4.91. The van der Waals surface area contributed by atoms with Crippen LogP contribution in [0.3, 0.4) is 0 Å². The number of halogens is 1. The van der Waals surface area contributed by atoms with E-state index in [0.717, 1.165) is 37.1 Å². The first kappa shape index (κ1) is 13.4. The minimum absolute atomic E-state index is 0.496. The van der Waals surface area contributed by atoms with E-state index in [2.05, 4.69) is 39.8 Å². The predicted octanol–water partition coefficient (Wildman–Crippen LogP) is 3.24. The summed E-state index contributed by atoms with van der Waals surface area (Å²) in [5, 5.41) is 8.36. The van der Waals surface area contributed by atoms with Crippen LogP contribution in [0, 0.1) is 11.8 Å². The first-order valence-corrected chi connectivity index (χ1v) is 8.04. The Kier molecular flexibility index (Phi) is 3.85. The zero-order valence-corrected chi connectivity index (χ0v) is 13.2. The van der Waals surface area contributed by atoms with E-state index in [-0.39, 0.29) is 0 Å². The van der Waals surface area contributed by atoms with Gasteiger partial charge in [0.05, 0.1) is 22.8 Å². The average molecular weight is 328 g/mol. The van der Waals surface area contributed by atoms with Crippen LogP contribution in [0.4, 0.5) is 5.82 Å². The third-order valence-electron chi connectivity index (χ3n) is 4.08. The summed E-state index contributed by atoms with van der Waals surface area (Å²) < 4.78 is 8.92. The zero-order valence-electron chi connectivity index (χ0n) is 11.7. The Balaban J connectivity index is 1.90. The molecule has 3 rings (SSSR count). The minimum Gasteiger partial charge on any atom is -0.381 e. The Morgan fingerprint density at radius 2 is 2.32 bits per heavy atom. The van der Waals surface area contributed by atoms with Crippen LogP contribution in [-0.4, -0.2) is 29.5 Å². The molecular formula is C14H22BrN3O. The zero-order chi connectivity index (χ0) is 13.4. The molecule has 1 aromatic heterocycles. The van der Waals surface area contributed by atoms with Gasteiger partial charge in [-0.3, -0.25) is 0 Å². The van der Waals surface area contributed by atoms with E-state index < -0.39 is 0 Å². The van der Waals surface area contributed by atoms with Gasteiger partial charge in [-0.25, -0.2) is 4.68 Å². The first-order valence-electron chi connectivity index (χ1n) is 7.25. The maximum absolute atomic E-state index is 5.55. The molecule has 2 unspecified atom stereocenters. The van der Waals surface area contributed by atoms with Crippen molar-refractivity contribution in [3.05, 3.63) is 10.2 Å². The van der Waals surface area contributed by atoms with E-state index in [9.17, 15) is 0 Å². The molecule has 5 heteroatoms. The second-order valence-electron chi connectivity index (χ2n) is 6.06. The van der Waals surface area contributed by atoms with Crippen LogP contribution in [0.2, 0.25) is 0 Å². The number of anilines is 1. The molecule has 4 nitrogen and oxygen atoms in total. The van der Waals surface area contributed by atoms with Gasteiger partial charge >= 0.3 is 0 Å². The Morgan fingerprint density at radius 3 is 3.00 bits per heavy atom. The second kappa shape index (κ2) is 5.44. The maximum atomic E-state index is 5.55. The van der Waals surface area contributed by atoms with Gasteiger partial charge in [0.15, 0.2) is 0 Å². The largest absolute Gasteiger partial charge is 0.381 e. The number of ether oxygens (including phenoxy) is 1. The van der Waals surface area contributed by atoms with E-state index in [1.807, 2.05) is 0 Å². The summed E-state index contributed by atoms with van der Waals surface area (Å²) in [6, 6.07) is 0.496. The van der Waals surface area contributed by atoms with Crippen molar-refractivity contribution in [1.29, 1.82) is 0 Å². The highest BCUT2D eigenvalue weighted by atomic mass is 79.9. The molecule has 1 N–H and O–H groups in total. The van der Waals surface area contributed by atoms with Crippen LogP contribution in [0.5, 0.6) is 0 Å². The van der Waals surface area contributed by atoms with Crippen LogP contribution in [0.1, 0.15) is 38.4 Å². The van der Waals surface area contributed by atoms with Gasteiger partial charge < -0.3 is 10.1 Å². The van der Waals surface area contributed by atoms with Crippen LogP contribution in [-0.2, 0) is 11.2 Å². The lowest BCUT2D eigenvalue weighted by Gasteiger charge is -2.29. The van der Waals surface area contributed by atoms with Gasteiger partial charge in [0, 0.05) is 19.1 Å². The Bertz CT molecular complexity index is 452. The van der Waals surface area contributed by atoms with Crippen LogP contribution in [0.25, 0.3) is 0 Å².